The maximum Gasteiger partial charge on any atom is 0.252 e. The van der Waals surface area contributed by atoms with E-state index >= 15 is 0 Å². The second-order valence-electron chi connectivity index (χ2n) is 41.1. The number of hydrogen-bond donors (Lipinski definition) is 0. The van der Waals surface area contributed by atoms with Gasteiger partial charge in [-0.2, -0.15) is 0 Å². The summed E-state index contributed by atoms with van der Waals surface area (Å²) in [6.45, 7) is 13.9. The van der Waals surface area contributed by atoms with E-state index in [2.05, 4.69) is 576 Å². The zero-order valence-corrected chi connectivity index (χ0v) is 81.9. The first kappa shape index (κ1) is 87.4. The minimum Gasteiger partial charge on any atom is -0.310 e. The lowest BCUT2D eigenvalue weighted by atomic mass is 9.33. The molecule has 2 aliphatic rings. The maximum atomic E-state index is 2.76. The Morgan fingerprint density at radius 2 is 0.386 bits per heavy atom. The van der Waals surface area contributed by atoms with Gasteiger partial charge in [0.15, 0.2) is 0 Å². The summed E-state index contributed by atoms with van der Waals surface area (Å²) in [4.78, 5) is 5.53. The van der Waals surface area contributed by atoms with E-state index in [1.54, 1.807) is 0 Å². The summed E-state index contributed by atoms with van der Waals surface area (Å²) >= 11 is 0. The standard InChI is InChI=1S/C140H103BN4/c1-139(2,3)114-86-118(99-52-30-14-31-53-99)137(120(88-114)111-62-36-60-105(78-111)103-58-34-56-101(76-103)92-38-16-7-17-39-92)144-132-90-116(142-128-72-64-107(94-42-20-9-21-43-94)80-122(128)123-81-108(65-73-129(123)142)95-44-22-10-23-45-95)68-70-126(132)141-127-71-69-117(143-130-74-66-109(96-46-24-11-25-47-96)82-124(130)125-83-110(67-75-131(125)143)97-48-26-12-27-49-97)91-133(127)145(135-85-113(84-134(144)136(135)141)98-50-28-13-29-51-98)138-119(100-54-32-15-33-55-100)87-115(140(4,5)6)89-121(138)112-63-37-61-106(79-112)104-59-35-57-102(77-104)93-40-18-8-19-41-93/h7-91H,1-6H3. The molecule has 0 N–H and O–H groups in total. The van der Waals surface area contributed by atoms with Gasteiger partial charge in [0.05, 0.1) is 33.4 Å². The van der Waals surface area contributed by atoms with E-state index in [0.717, 1.165) is 168 Å². The van der Waals surface area contributed by atoms with Crippen molar-refractivity contribution in [3.8, 4) is 156 Å². The number of fused-ring (bicyclic) bond motifs is 10. The van der Waals surface area contributed by atoms with Crippen LogP contribution in [-0.2, 0) is 10.8 Å². The highest BCUT2D eigenvalue weighted by molar-refractivity contribution is 7.00. The quantitative estimate of drug-likeness (QED) is 0.0845. The van der Waals surface area contributed by atoms with Crippen LogP contribution >= 0.6 is 0 Å². The van der Waals surface area contributed by atoms with Crippen LogP contribution in [-0.4, -0.2) is 15.8 Å². The third-order valence-corrected chi connectivity index (χ3v) is 30.1. The summed E-state index contributed by atoms with van der Waals surface area (Å²) in [6, 6.07) is 195. The van der Waals surface area contributed by atoms with Crippen LogP contribution in [0.3, 0.4) is 0 Å². The van der Waals surface area contributed by atoms with Gasteiger partial charge in [-0.05, 0) is 294 Å². The van der Waals surface area contributed by atoms with Crippen LogP contribution in [0.2, 0.25) is 0 Å². The van der Waals surface area contributed by atoms with Gasteiger partial charge in [0, 0.05) is 77.9 Å². The lowest BCUT2D eigenvalue weighted by molar-refractivity contribution is 0.590. The molecule has 24 aromatic rings. The van der Waals surface area contributed by atoms with Crippen molar-refractivity contribution >= 4 is 101 Å². The Morgan fingerprint density at radius 1 is 0.166 bits per heavy atom. The average Bonchev–Trinajstić information content (AvgIpc) is 0.964. The maximum absolute atomic E-state index is 2.76. The van der Waals surface area contributed by atoms with Gasteiger partial charge < -0.3 is 18.9 Å². The first-order valence-corrected chi connectivity index (χ1v) is 50.7. The Hall–Kier alpha value is -17.9. The molecule has 2 aromatic heterocycles. The average molecular weight is 1850 g/mol. The molecule has 4 nitrogen and oxygen atoms in total. The molecule has 2 aliphatic heterocycles. The topological polar surface area (TPSA) is 16.3 Å². The molecule has 0 radical (unpaired) electrons. The van der Waals surface area contributed by atoms with Crippen LogP contribution < -0.4 is 26.2 Å². The van der Waals surface area contributed by atoms with Gasteiger partial charge in [0.2, 0.25) is 0 Å². The lowest BCUT2D eigenvalue weighted by Crippen LogP contribution is -2.61. The van der Waals surface area contributed by atoms with Crippen molar-refractivity contribution in [3.05, 3.63) is 527 Å². The van der Waals surface area contributed by atoms with Crippen LogP contribution in [0.25, 0.3) is 200 Å². The molecule has 0 saturated heterocycles. The lowest BCUT2D eigenvalue weighted by Gasteiger charge is -2.46. The molecule has 0 unspecified atom stereocenters. The predicted molar refractivity (Wildman–Crippen MR) is 617 cm³/mol. The van der Waals surface area contributed by atoms with Crippen LogP contribution in [0.4, 0.5) is 34.1 Å². The zero-order valence-electron chi connectivity index (χ0n) is 81.9. The van der Waals surface area contributed by atoms with E-state index in [9.17, 15) is 0 Å². The third-order valence-electron chi connectivity index (χ3n) is 30.1. The summed E-state index contributed by atoms with van der Waals surface area (Å²) in [6.07, 6.45) is 0. The summed E-state index contributed by atoms with van der Waals surface area (Å²) < 4.78 is 5.12. The number of rotatable bonds is 17. The van der Waals surface area contributed by atoms with Gasteiger partial charge in [-0.1, -0.05) is 424 Å². The number of nitrogens with zero attached hydrogens (tertiary/aromatic N) is 4. The fourth-order valence-electron chi connectivity index (χ4n) is 22.9. The molecule has 26 rings (SSSR count). The van der Waals surface area contributed by atoms with Crippen molar-refractivity contribution < 1.29 is 0 Å². The molecule has 0 aliphatic carbocycles. The van der Waals surface area contributed by atoms with Crippen molar-refractivity contribution in [1.82, 2.24) is 9.13 Å². The van der Waals surface area contributed by atoms with Crippen molar-refractivity contribution in [1.29, 1.82) is 0 Å². The molecule has 0 atom stereocenters. The monoisotopic (exact) mass is 1850 g/mol. The van der Waals surface area contributed by atoms with Gasteiger partial charge in [0.25, 0.3) is 6.71 Å². The number of hydrogen-bond acceptors (Lipinski definition) is 2. The van der Waals surface area contributed by atoms with E-state index in [0.29, 0.717) is 0 Å². The highest BCUT2D eigenvalue weighted by Crippen LogP contribution is 2.57. The van der Waals surface area contributed by atoms with Crippen LogP contribution in [0.5, 0.6) is 0 Å². The second kappa shape index (κ2) is 35.7. The third kappa shape index (κ3) is 15.7. The molecule has 0 spiro atoms. The van der Waals surface area contributed by atoms with Gasteiger partial charge in [0.1, 0.15) is 0 Å². The summed E-state index contributed by atoms with van der Waals surface area (Å²) in [7, 11) is 0. The number of anilines is 6. The van der Waals surface area contributed by atoms with Crippen molar-refractivity contribution in [2.24, 2.45) is 0 Å². The molecule has 5 heteroatoms. The summed E-state index contributed by atoms with van der Waals surface area (Å²) in [5.74, 6) is 0. The molecule has 0 saturated carbocycles. The SMILES string of the molecule is CC(C)(C)c1cc(-c2ccccc2)c(N2c3cc(-n4c5ccc(-c6ccccc6)cc5c5cc(-c6ccccc6)ccc54)ccc3B3c4ccc(-n5c6ccc(-c7ccccc7)cc6c6cc(-c7ccccc7)ccc65)cc4N(c4c(-c5ccccc5)cc(C(C)(C)C)cc4-c4cccc(-c5cccc(-c6ccccc6)c5)c4)c4cc(-c5ccccc5)cc2c43)c(-c2cccc(-c3cccc(-c4ccccc4)c3)c2)c1. The fourth-order valence-corrected chi connectivity index (χ4v) is 22.9. The molecule has 686 valence electrons. The highest BCUT2D eigenvalue weighted by Gasteiger charge is 2.47. The van der Waals surface area contributed by atoms with E-state index in [4.69, 9.17) is 0 Å². The minimum absolute atomic E-state index is 0.318. The van der Waals surface area contributed by atoms with Crippen LogP contribution in [0, 0.1) is 0 Å². The Kier molecular flexibility index (Phi) is 21.5. The normalized spacial score (nSPS) is 12.3. The molecule has 0 fully saturated rings. The molecular formula is C140H103BN4. The fraction of sp³-hybridized carbons (Fsp3) is 0.0571. The largest absolute Gasteiger partial charge is 0.310 e. The molecule has 4 heterocycles. The van der Waals surface area contributed by atoms with E-state index in [1.807, 2.05) is 0 Å². The second-order valence-corrected chi connectivity index (χ2v) is 41.1. The Morgan fingerprint density at radius 3 is 0.655 bits per heavy atom. The summed E-state index contributed by atoms with van der Waals surface area (Å²) in [5, 5.41) is 4.70. The molecule has 22 aromatic carbocycles. The minimum atomic E-state index is -0.397. The van der Waals surface area contributed by atoms with Crippen LogP contribution in [0.15, 0.2) is 516 Å². The Balaban J connectivity index is 0.816. The first-order valence-electron chi connectivity index (χ1n) is 50.7. The Bertz CT molecular complexity index is 8450. The van der Waals surface area contributed by atoms with Crippen molar-refractivity contribution in [2.45, 2.75) is 52.4 Å². The van der Waals surface area contributed by atoms with Gasteiger partial charge >= 0.3 is 0 Å². The zero-order chi connectivity index (χ0) is 97.1. The van der Waals surface area contributed by atoms with Crippen molar-refractivity contribution in [3.63, 3.8) is 0 Å². The van der Waals surface area contributed by atoms with E-state index < -0.39 is 6.71 Å². The van der Waals surface area contributed by atoms with E-state index in [1.165, 1.54) is 93.6 Å². The van der Waals surface area contributed by atoms with E-state index in [-0.39, 0.29) is 10.8 Å². The number of aromatic nitrogens is 2. The number of benzene rings is 22. The molecular weight excluding hydrogens is 1750 g/mol. The van der Waals surface area contributed by atoms with Gasteiger partial charge in [-0.15, -0.1) is 0 Å². The first-order chi connectivity index (χ1) is 71.2. The van der Waals surface area contributed by atoms with Gasteiger partial charge in [-0.25, -0.2) is 0 Å². The molecule has 0 amide bonds. The highest BCUT2D eigenvalue weighted by atomic mass is 15.2. The van der Waals surface area contributed by atoms with Crippen molar-refractivity contribution in [2.75, 3.05) is 9.80 Å². The van der Waals surface area contributed by atoms with Gasteiger partial charge in [-0.3, -0.25) is 0 Å². The summed E-state index contributed by atoms with van der Waals surface area (Å²) in [5.41, 5.74) is 47.9. The molecule has 145 heavy (non-hydrogen) atoms. The molecule has 0 bridgehead atoms. The smallest absolute Gasteiger partial charge is 0.252 e. The Labute approximate surface area is 848 Å². The van der Waals surface area contributed by atoms with Crippen LogP contribution in [0.1, 0.15) is 52.7 Å². The predicted octanol–water partition coefficient (Wildman–Crippen LogP) is 36.2.